The molecule has 1 N–H and O–H groups in total. The van der Waals surface area contributed by atoms with Crippen molar-refractivity contribution in [2.24, 2.45) is 11.3 Å². The summed E-state index contributed by atoms with van der Waals surface area (Å²) >= 11 is 0. The van der Waals surface area contributed by atoms with Gasteiger partial charge in [-0.15, -0.1) is 5.10 Å². The first-order valence-corrected chi connectivity index (χ1v) is 7.11. The molecule has 102 valence electrons. The summed E-state index contributed by atoms with van der Waals surface area (Å²) in [6.45, 7) is 5.46. The average Bonchev–Trinajstić information content (AvgIpc) is 2.85. The molecule has 0 saturated heterocycles. The third-order valence-corrected chi connectivity index (χ3v) is 3.98. The van der Waals surface area contributed by atoms with Crippen LogP contribution in [0.1, 0.15) is 51.5 Å². The van der Waals surface area contributed by atoms with Crippen molar-refractivity contribution in [2.75, 3.05) is 11.9 Å². The summed E-state index contributed by atoms with van der Waals surface area (Å²) in [7, 11) is 0. The van der Waals surface area contributed by atoms with Crippen LogP contribution in [0, 0.1) is 22.7 Å². The van der Waals surface area contributed by atoms with Crippen molar-refractivity contribution >= 4 is 5.82 Å². The molecule has 0 radical (unpaired) electrons. The molecule has 0 unspecified atom stereocenters. The lowest BCUT2D eigenvalue weighted by atomic mass is 9.78. The van der Waals surface area contributed by atoms with E-state index in [1.54, 1.807) is 12.3 Å². The largest absolute Gasteiger partial charge is 0.367 e. The van der Waals surface area contributed by atoms with E-state index in [1.165, 1.54) is 32.1 Å². The zero-order valence-corrected chi connectivity index (χ0v) is 11.8. The van der Waals surface area contributed by atoms with E-state index >= 15 is 0 Å². The molecule has 0 amide bonds. The molecule has 0 aliphatic heterocycles. The number of hydrogen-bond donors (Lipinski definition) is 1. The van der Waals surface area contributed by atoms with Crippen LogP contribution in [-0.2, 0) is 0 Å². The van der Waals surface area contributed by atoms with Crippen molar-refractivity contribution < 1.29 is 0 Å². The van der Waals surface area contributed by atoms with E-state index in [1.807, 2.05) is 0 Å². The lowest BCUT2D eigenvalue weighted by molar-refractivity contribution is 0.252. The smallest absolute Gasteiger partial charge is 0.166 e. The number of nitriles is 1. The Morgan fingerprint density at radius 2 is 2.16 bits per heavy atom. The molecule has 0 bridgehead atoms. The van der Waals surface area contributed by atoms with E-state index in [4.69, 9.17) is 5.26 Å². The highest BCUT2D eigenvalue weighted by molar-refractivity contribution is 5.50. The van der Waals surface area contributed by atoms with Crippen LogP contribution in [0.2, 0.25) is 0 Å². The van der Waals surface area contributed by atoms with Gasteiger partial charge in [-0.1, -0.05) is 26.7 Å². The van der Waals surface area contributed by atoms with Gasteiger partial charge in [-0.25, -0.2) is 0 Å². The fourth-order valence-electron chi connectivity index (χ4n) is 3.27. The van der Waals surface area contributed by atoms with Crippen LogP contribution in [0.5, 0.6) is 0 Å². The van der Waals surface area contributed by atoms with Crippen molar-refractivity contribution in [2.45, 2.75) is 46.0 Å². The van der Waals surface area contributed by atoms with Crippen LogP contribution in [0.25, 0.3) is 0 Å². The summed E-state index contributed by atoms with van der Waals surface area (Å²) in [5.74, 6) is 1.33. The van der Waals surface area contributed by atoms with Gasteiger partial charge in [0, 0.05) is 6.54 Å². The van der Waals surface area contributed by atoms with Gasteiger partial charge in [0.2, 0.25) is 0 Å². The minimum atomic E-state index is 0.373. The van der Waals surface area contributed by atoms with Crippen molar-refractivity contribution in [3.8, 4) is 6.07 Å². The van der Waals surface area contributed by atoms with Gasteiger partial charge >= 0.3 is 0 Å². The molecular weight excluding hydrogens is 236 g/mol. The number of hydrogen-bond acceptors (Lipinski definition) is 4. The maximum atomic E-state index is 9.06. The van der Waals surface area contributed by atoms with Gasteiger partial charge in [0.15, 0.2) is 5.82 Å². The van der Waals surface area contributed by atoms with E-state index < -0.39 is 0 Å². The molecule has 4 nitrogen and oxygen atoms in total. The quantitative estimate of drug-likeness (QED) is 0.879. The summed E-state index contributed by atoms with van der Waals surface area (Å²) in [6, 6.07) is 3.87. The Morgan fingerprint density at radius 1 is 1.42 bits per heavy atom. The van der Waals surface area contributed by atoms with Gasteiger partial charge in [0.05, 0.1) is 11.8 Å². The number of aromatic nitrogens is 2. The molecule has 0 spiro atoms. The lowest BCUT2D eigenvalue weighted by Crippen LogP contribution is -2.29. The topological polar surface area (TPSA) is 61.6 Å². The van der Waals surface area contributed by atoms with Gasteiger partial charge in [-0.05, 0) is 36.7 Å². The Balaban J connectivity index is 2.05. The maximum Gasteiger partial charge on any atom is 0.166 e. The highest BCUT2D eigenvalue weighted by atomic mass is 15.2. The minimum Gasteiger partial charge on any atom is -0.367 e. The molecule has 1 fully saturated rings. The van der Waals surface area contributed by atoms with Gasteiger partial charge in [-0.3, -0.25) is 0 Å². The number of anilines is 1. The number of nitrogens with zero attached hydrogens (tertiary/aromatic N) is 3. The zero-order chi connectivity index (χ0) is 13.7. The number of nitrogens with one attached hydrogen (secondary N) is 1. The average molecular weight is 258 g/mol. The predicted octanol–water partition coefficient (Wildman–Crippen LogP) is 3.37. The molecule has 0 atom stereocenters. The second-order valence-corrected chi connectivity index (χ2v) is 6.06. The van der Waals surface area contributed by atoms with E-state index in [-0.39, 0.29) is 0 Å². The van der Waals surface area contributed by atoms with Gasteiger partial charge in [0.25, 0.3) is 0 Å². The standard InChI is InChI=1S/C15H22N4/c1-12(2)9-15(6-3-4-7-15)11-17-14-13(10-16)5-8-18-19-14/h5,8,12H,3-4,6-7,9,11H2,1-2H3,(H,17,19). The molecule has 1 aromatic rings. The van der Waals surface area contributed by atoms with Crippen LogP contribution in [-0.4, -0.2) is 16.7 Å². The Kier molecular flexibility index (Phi) is 4.36. The molecule has 1 saturated carbocycles. The first-order chi connectivity index (χ1) is 9.15. The summed E-state index contributed by atoms with van der Waals surface area (Å²) in [6.07, 6.45) is 7.99. The highest BCUT2D eigenvalue weighted by Crippen LogP contribution is 2.43. The predicted molar refractivity (Wildman–Crippen MR) is 75.6 cm³/mol. The first-order valence-electron chi connectivity index (χ1n) is 7.11. The second kappa shape index (κ2) is 6.01. The van der Waals surface area contributed by atoms with E-state index in [2.05, 4.69) is 35.4 Å². The maximum absolute atomic E-state index is 9.06. The molecule has 1 aliphatic rings. The normalized spacial score (nSPS) is 17.4. The summed E-state index contributed by atoms with van der Waals surface area (Å²) in [5, 5.41) is 20.3. The van der Waals surface area contributed by atoms with Gasteiger partial charge < -0.3 is 5.32 Å². The molecule has 2 rings (SSSR count). The van der Waals surface area contributed by atoms with Crippen molar-refractivity contribution in [1.82, 2.24) is 10.2 Å². The van der Waals surface area contributed by atoms with Crippen LogP contribution in [0.4, 0.5) is 5.82 Å². The fourth-order valence-corrected chi connectivity index (χ4v) is 3.27. The summed E-state index contributed by atoms with van der Waals surface area (Å²) < 4.78 is 0. The molecular formula is C15H22N4. The Hall–Kier alpha value is -1.63. The van der Waals surface area contributed by atoms with Crippen LogP contribution in [0.3, 0.4) is 0 Å². The monoisotopic (exact) mass is 258 g/mol. The van der Waals surface area contributed by atoms with Crippen molar-refractivity contribution in [3.05, 3.63) is 17.8 Å². The van der Waals surface area contributed by atoms with E-state index in [0.29, 0.717) is 22.7 Å². The molecule has 1 aromatic heterocycles. The van der Waals surface area contributed by atoms with E-state index in [9.17, 15) is 0 Å². The van der Waals surface area contributed by atoms with Gasteiger partial charge in [-0.2, -0.15) is 10.4 Å². The Bertz CT molecular complexity index is 455. The Morgan fingerprint density at radius 3 is 2.79 bits per heavy atom. The molecule has 4 heteroatoms. The first kappa shape index (κ1) is 13.8. The molecule has 19 heavy (non-hydrogen) atoms. The molecule has 0 aromatic carbocycles. The lowest BCUT2D eigenvalue weighted by Gasteiger charge is -2.31. The number of rotatable bonds is 5. The summed E-state index contributed by atoms with van der Waals surface area (Å²) in [5.41, 5.74) is 0.950. The molecule has 1 aliphatic carbocycles. The van der Waals surface area contributed by atoms with Gasteiger partial charge in [0.1, 0.15) is 6.07 Å². The van der Waals surface area contributed by atoms with Crippen LogP contribution >= 0.6 is 0 Å². The zero-order valence-electron chi connectivity index (χ0n) is 11.8. The van der Waals surface area contributed by atoms with Crippen molar-refractivity contribution in [3.63, 3.8) is 0 Å². The second-order valence-electron chi connectivity index (χ2n) is 6.06. The Labute approximate surface area is 115 Å². The van der Waals surface area contributed by atoms with E-state index in [0.717, 1.165) is 6.54 Å². The SMILES string of the molecule is CC(C)CC1(CNc2nnccc2C#N)CCCC1. The molecule has 1 heterocycles. The highest BCUT2D eigenvalue weighted by Gasteiger charge is 2.34. The third-order valence-electron chi connectivity index (χ3n) is 3.98. The summed E-state index contributed by atoms with van der Waals surface area (Å²) in [4.78, 5) is 0. The minimum absolute atomic E-state index is 0.373. The van der Waals surface area contributed by atoms with Crippen LogP contribution < -0.4 is 5.32 Å². The van der Waals surface area contributed by atoms with Crippen molar-refractivity contribution in [1.29, 1.82) is 5.26 Å². The fraction of sp³-hybridized carbons (Fsp3) is 0.667. The third kappa shape index (κ3) is 3.44. The van der Waals surface area contributed by atoms with Crippen LogP contribution in [0.15, 0.2) is 12.3 Å².